The second-order valence-electron chi connectivity index (χ2n) is 4.12. The number of benzene rings is 2. The van der Waals surface area contributed by atoms with Crippen molar-refractivity contribution >= 4 is 6.29 Å². The third-order valence-electron chi connectivity index (χ3n) is 2.82. The van der Waals surface area contributed by atoms with Crippen LogP contribution in [0.25, 0.3) is 0 Å². The number of nitrogens with zero attached hydrogens (tertiary/aromatic N) is 1. The van der Waals surface area contributed by atoms with Gasteiger partial charge in [-0.1, -0.05) is 12.1 Å². The molecular formula is C16H13NO3. The zero-order valence-corrected chi connectivity index (χ0v) is 11.0. The maximum atomic E-state index is 11.0. The number of nitriles is 1. The molecule has 2 aromatic rings. The van der Waals surface area contributed by atoms with Crippen molar-refractivity contribution < 1.29 is 14.3 Å². The fourth-order valence-electron chi connectivity index (χ4n) is 1.72. The van der Waals surface area contributed by atoms with Crippen LogP contribution in [0.5, 0.6) is 11.5 Å². The van der Waals surface area contributed by atoms with Crippen LogP contribution in [-0.2, 0) is 6.61 Å². The molecule has 0 saturated carbocycles. The molecule has 20 heavy (non-hydrogen) atoms. The van der Waals surface area contributed by atoms with Crippen LogP contribution < -0.4 is 9.47 Å². The van der Waals surface area contributed by atoms with E-state index in [1.807, 2.05) is 30.3 Å². The molecule has 0 saturated heterocycles. The monoisotopic (exact) mass is 267 g/mol. The first kappa shape index (κ1) is 13.6. The third-order valence-corrected chi connectivity index (χ3v) is 2.82. The van der Waals surface area contributed by atoms with E-state index in [2.05, 4.69) is 0 Å². The Hall–Kier alpha value is -2.80. The topological polar surface area (TPSA) is 59.3 Å². The highest BCUT2D eigenvalue weighted by Crippen LogP contribution is 2.20. The number of carbonyl (C=O) groups is 1. The lowest BCUT2D eigenvalue weighted by atomic mass is 10.1. The Balaban J connectivity index is 2.10. The van der Waals surface area contributed by atoms with Crippen molar-refractivity contribution in [1.29, 1.82) is 5.26 Å². The fraction of sp³-hybridized carbons (Fsp3) is 0.125. The Labute approximate surface area is 117 Å². The van der Waals surface area contributed by atoms with Crippen molar-refractivity contribution in [2.24, 2.45) is 0 Å². The maximum absolute atomic E-state index is 11.0. The molecule has 0 aliphatic rings. The Kier molecular flexibility index (Phi) is 4.35. The molecule has 0 bridgehead atoms. The molecule has 0 fully saturated rings. The van der Waals surface area contributed by atoms with E-state index in [1.54, 1.807) is 19.2 Å². The van der Waals surface area contributed by atoms with Crippen LogP contribution in [0, 0.1) is 11.3 Å². The Morgan fingerprint density at radius 2 is 1.95 bits per heavy atom. The number of aldehydes is 1. The summed E-state index contributed by atoms with van der Waals surface area (Å²) in [4.78, 5) is 11.0. The van der Waals surface area contributed by atoms with Crippen molar-refractivity contribution in [2.45, 2.75) is 6.61 Å². The lowest BCUT2D eigenvalue weighted by molar-refractivity contribution is 0.111. The molecule has 4 nitrogen and oxygen atoms in total. The van der Waals surface area contributed by atoms with E-state index in [0.29, 0.717) is 29.8 Å². The minimum atomic E-state index is 0.344. The number of hydrogen-bond acceptors (Lipinski definition) is 4. The lowest BCUT2D eigenvalue weighted by Crippen LogP contribution is -1.98. The van der Waals surface area contributed by atoms with Crippen LogP contribution in [-0.4, -0.2) is 13.4 Å². The summed E-state index contributed by atoms with van der Waals surface area (Å²) < 4.78 is 10.7. The van der Waals surface area contributed by atoms with Crippen LogP contribution in [0.15, 0.2) is 42.5 Å². The van der Waals surface area contributed by atoms with Crippen LogP contribution in [0.1, 0.15) is 21.5 Å². The van der Waals surface area contributed by atoms with Crippen LogP contribution in [0.3, 0.4) is 0 Å². The van der Waals surface area contributed by atoms with Crippen molar-refractivity contribution in [3.8, 4) is 17.6 Å². The molecule has 0 heterocycles. The molecule has 0 atom stereocenters. The van der Waals surface area contributed by atoms with Gasteiger partial charge in [0.05, 0.1) is 24.3 Å². The number of ether oxygens (including phenoxy) is 2. The van der Waals surface area contributed by atoms with E-state index in [0.717, 1.165) is 11.3 Å². The molecule has 4 heteroatoms. The fourth-order valence-corrected chi connectivity index (χ4v) is 1.72. The molecule has 0 amide bonds. The van der Waals surface area contributed by atoms with E-state index < -0.39 is 0 Å². The number of carbonyl (C=O) groups excluding carboxylic acids is 1. The van der Waals surface area contributed by atoms with Gasteiger partial charge < -0.3 is 9.47 Å². The minimum absolute atomic E-state index is 0.344. The smallest absolute Gasteiger partial charge is 0.153 e. The second-order valence-corrected chi connectivity index (χ2v) is 4.12. The molecule has 0 unspecified atom stereocenters. The predicted octanol–water partition coefficient (Wildman–Crippen LogP) is 2.96. The van der Waals surface area contributed by atoms with Crippen molar-refractivity contribution in [3.05, 3.63) is 59.2 Å². The van der Waals surface area contributed by atoms with Gasteiger partial charge in [0.25, 0.3) is 0 Å². The summed E-state index contributed by atoms with van der Waals surface area (Å²) in [5, 5.41) is 8.79. The zero-order valence-electron chi connectivity index (χ0n) is 11.0. The Bertz CT molecular complexity index is 642. The molecule has 2 rings (SSSR count). The van der Waals surface area contributed by atoms with Gasteiger partial charge in [0, 0.05) is 0 Å². The van der Waals surface area contributed by atoms with Gasteiger partial charge in [-0.25, -0.2) is 0 Å². The highest BCUT2D eigenvalue weighted by molar-refractivity contribution is 5.80. The van der Waals surface area contributed by atoms with Gasteiger partial charge in [-0.05, 0) is 35.9 Å². The lowest BCUT2D eigenvalue weighted by Gasteiger charge is -2.09. The Morgan fingerprint density at radius 1 is 1.20 bits per heavy atom. The van der Waals surface area contributed by atoms with Gasteiger partial charge in [-0.15, -0.1) is 0 Å². The summed E-state index contributed by atoms with van der Waals surface area (Å²) in [7, 11) is 1.61. The largest absolute Gasteiger partial charge is 0.497 e. The number of rotatable bonds is 5. The second kappa shape index (κ2) is 6.39. The third kappa shape index (κ3) is 3.15. The quantitative estimate of drug-likeness (QED) is 0.781. The zero-order chi connectivity index (χ0) is 14.4. The first-order valence-electron chi connectivity index (χ1n) is 6.02. The van der Waals surface area contributed by atoms with E-state index in [-0.39, 0.29) is 0 Å². The maximum Gasteiger partial charge on any atom is 0.153 e. The van der Waals surface area contributed by atoms with Gasteiger partial charge in [0.15, 0.2) is 6.29 Å². The van der Waals surface area contributed by atoms with E-state index in [9.17, 15) is 4.79 Å². The molecular weight excluding hydrogens is 254 g/mol. The highest BCUT2D eigenvalue weighted by atomic mass is 16.5. The standard InChI is InChI=1S/C16H13NO3/c1-19-15-5-2-12(3-6-15)11-20-16-7-4-13(9-17)8-14(16)10-18/h2-8,10H,11H2,1H3. The number of methoxy groups -OCH3 is 1. The molecule has 2 aromatic carbocycles. The summed E-state index contributed by atoms with van der Waals surface area (Å²) in [6, 6.07) is 14.2. The Morgan fingerprint density at radius 3 is 2.55 bits per heavy atom. The van der Waals surface area contributed by atoms with E-state index in [1.165, 1.54) is 6.07 Å². The molecule has 0 aromatic heterocycles. The van der Waals surface area contributed by atoms with Gasteiger partial charge in [0.1, 0.15) is 18.1 Å². The van der Waals surface area contributed by atoms with Gasteiger partial charge in [0.2, 0.25) is 0 Å². The number of hydrogen-bond donors (Lipinski definition) is 0. The van der Waals surface area contributed by atoms with E-state index in [4.69, 9.17) is 14.7 Å². The summed E-state index contributed by atoms with van der Waals surface area (Å²) in [5.41, 5.74) is 1.77. The van der Waals surface area contributed by atoms with Crippen LogP contribution >= 0.6 is 0 Å². The minimum Gasteiger partial charge on any atom is -0.497 e. The SMILES string of the molecule is COc1ccc(COc2ccc(C#N)cc2C=O)cc1. The van der Waals surface area contributed by atoms with Crippen LogP contribution in [0.2, 0.25) is 0 Å². The van der Waals surface area contributed by atoms with E-state index >= 15 is 0 Å². The molecule has 0 aliphatic heterocycles. The van der Waals surface area contributed by atoms with Crippen LogP contribution in [0.4, 0.5) is 0 Å². The molecule has 0 aliphatic carbocycles. The highest BCUT2D eigenvalue weighted by Gasteiger charge is 2.05. The van der Waals surface area contributed by atoms with Gasteiger partial charge in [-0.2, -0.15) is 5.26 Å². The molecule has 100 valence electrons. The molecule has 0 radical (unpaired) electrons. The average molecular weight is 267 g/mol. The summed E-state index contributed by atoms with van der Waals surface area (Å²) in [6.07, 6.45) is 0.685. The van der Waals surface area contributed by atoms with Gasteiger partial charge in [-0.3, -0.25) is 4.79 Å². The van der Waals surface area contributed by atoms with Crippen molar-refractivity contribution in [1.82, 2.24) is 0 Å². The predicted molar refractivity (Wildman–Crippen MR) is 73.9 cm³/mol. The normalized spacial score (nSPS) is 9.60. The summed E-state index contributed by atoms with van der Waals surface area (Å²) >= 11 is 0. The van der Waals surface area contributed by atoms with Gasteiger partial charge >= 0.3 is 0 Å². The summed E-state index contributed by atoms with van der Waals surface area (Å²) in [6.45, 7) is 0.344. The molecule has 0 spiro atoms. The molecule has 0 N–H and O–H groups in total. The van der Waals surface area contributed by atoms with Crippen molar-refractivity contribution in [3.63, 3.8) is 0 Å². The first-order chi connectivity index (χ1) is 9.76. The average Bonchev–Trinajstić information content (AvgIpc) is 2.53. The first-order valence-corrected chi connectivity index (χ1v) is 6.02. The van der Waals surface area contributed by atoms with Crippen molar-refractivity contribution in [2.75, 3.05) is 7.11 Å². The summed E-state index contributed by atoms with van der Waals surface area (Å²) in [5.74, 6) is 1.25.